The summed E-state index contributed by atoms with van der Waals surface area (Å²) < 4.78 is 11.4. The van der Waals surface area contributed by atoms with Crippen LogP contribution in [0.25, 0.3) is 0 Å². The van der Waals surface area contributed by atoms with Crippen molar-refractivity contribution in [1.82, 2.24) is 0 Å². The first-order valence-electron chi connectivity index (χ1n) is 8.58. The molecule has 1 spiro atoms. The molecule has 2 saturated heterocycles. The fraction of sp³-hybridized carbons (Fsp3) is 0.400. The van der Waals surface area contributed by atoms with E-state index in [9.17, 15) is 14.7 Å². The summed E-state index contributed by atoms with van der Waals surface area (Å²) in [6.07, 6.45) is 3.49. The van der Waals surface area contributed by atoms with Gasteiger partial charge in [-0.3, -0.25) is 4.79 Å². The third kappa shape index (κ3) is 2.15. The summed E-state index contributed by atoms with van der Waals surface area (Å²) in [6, 6.07) is 6.81. The Bertz CT molecular complexity index is 831. The van der Waals surface area contributed by atoms with E-state index in [1.807, 2.05) is 19.1 Å². The standard InChI is InChI=1S/C20H21NO5/c1-11(2)9-15-20-8-7-14(26-20)16(19(23)24)17(20)18(22)21(15)12-5-4-6-13(10-12)25-3/h4-8,10,14-17H,1,9H2,2-3H3,(H,23,24)/p-1/t14-,15-,16-,17+,20+/m0/s1. The second kappa shape index (κ2) is 5.71. The van der Waals surface area contributed by atoms with Gasteiger partial charge in [0.1, 0.15) is 11.4 Å². The molecule has 3 heterocycles. The minimum absolute atomic E-state index is 0.259. The number of carbonyl (C=O) groups is 2. The number of amides is 1. The fourth-order valence-corrected chi connectivity index (χ4v) is 4.57. The Morgan fingerprint density at radius 3 is 2.88 bits per heavy atom. The van der Waals surface area contributed by atoms with Crippen LogP contribution in [0.15, 0.2) is 48.6 Å². The predicted molar refractivity (Wildman–Crippen MR) is 92.4 cm³/mol. The van der Waals surface area contributed by atoms with E-state index in [2.05, 4.69) is 6.58 Å². The first kappa shape index (κ1) is 16.8. The maximum atomic E-state index is 13.3. The van der Waals surface area contributed by atoms with Crippen LogP contribution < -0.4 is 14.7 Å². The molecule has 1 aromatic rings. The highest BCUT2D eigenvalue weighted by Crippen LogP contribution is 2.56. The van der Waals surface area contributed by atoms with E-state index in [0.29, 0.717) is 17.9 Å². The molecule has 3 aliphatic heterocycles. The number of fused-ring (bicyclic) bond motifs is 1. The van der Waals surface area contributed by atoms with Crippen LogP contribution in [-0.4, -0.2) is 36.7 Å². The van der Waals surface area contributed by atoms with Gasteiger partial charge in [-0.25, -0.2) is 0 Å². The van der Waals surface area contributed by atoms with E-state index >= 15 is 0 Å². The number of hydrogen-bond acceptors (Lipinski definition) is 5. The smallest absolute Gasteiger partial charge is 0.234 e. The topological polar surface area (TPSA) is 78.9 Å². The van der Waals surface area contributed by atoms with Crippen LogP contribution in [0.5, 0.6) is 5.75 Å². The summed E-state index contributed by atoms with van der Waals surface area (Å²) in [4.78, 5) is 26.7. The normalized spacial score (nSPS) is 34.2. The van der Waals surface area contributed by atoms with Crippen LogP contribution in [0, 0.1) is 11.8 Å². The molecular weight excluding hydrogens is 334 g/mol. The third-order valence-electron chi connectivity index (χ3n) is 5.57. The maximum absolute atomic E-state index is 13.3. The van der Waals surface area contributed by atoms with Crippen LogP contribution in [0.1, 0.15) is 13.3 Å². The van der Waals surface area contributed by atoms with Gasteiger partial charge in [0.25, 0.3) is 0 Å². The van der Waals surface area contributed by atoms with Crippen molar-refractivity contribution in [2.45, 2.75) is 31.1 Å². The number of anilines is 1. The minimum Gasteiger partial charge on any atom is -0.550 e. The molecule has 2 bridgehead atoms. The molecule has 4 rings (SSSR count). The zero-order chi connectivity index (χ0) is 18.6. The molecule has 2 fully saturated rings. The van der Waals surface area contributed by atoms with Crippen LogP contribution in [-0.2, 0) is 14.3 Å². The van der Waals surface area contributed by atoms with E-state index in [1.165, 1.54) is 0 Å². The highest BCUT2D eigenvalue weighted by atomic mass is 16.5. The van der Waals surface area contributed by atoms with Crippen molar-refractivity contribution >= 4 is 17.6 Å². The first-order valence-corrected chi connectivity index (χ1v) is 8.58. The molecule has 3 aliphatic rings. The van der Waals surface area contributed by atoms with Crippen molar-refractivity contribution < 1.29 is 24.2 Å². The number of methoxy groups -OCH3 is 1. The Balaban J connectivity index is 1.84. The second-order valence-corrected chi connectivity index (χ2v) is 7.20. The van der Waals surface area contributed by atoms with E-state index in [4.69, 9.17) is 9.47 Å². The summed E-state index contributed by atoms with van der Waals surface area (Å²) >= 11 is 0. The number of benzene rings is 1. The number of carboxylic acids is 1. The summed E-state index contributed by atoms with van der Waals surface area (Å²) in [7, 11) is 1.56. The summed E-state index contributed by atoms with van der Waals surface area (Å²) in [5, 5.41) is 11.7. The number of ether oxygens (including phenoxy) is 2. The summed E-state index contributed by atoms with van der Waals surface area (Å²) in [6.45, 7) is 5.87. The minimum atomic E-state index is -1.25. The average molecular weight is 354 g/mol. The fourth-order valence-electron chi connectivity index (χ4n) is 4.57. The van der Waals surface area contributed by atoms with Crippen molar-refractivity contribution in [3.63, 3.8) is 0 Å². The third-order valence-corrected chi connectivity index (χ3v) is 5.57. The lowest BCUT2D eigenvalue weighted by Gasteiger charge is -2.33. The molecule has 1 amide bonds. The van der Waals surface area contributed by atoms with Gasteiger partial charge in [0.2, 0.25) is 5.91 Å². The Hall–Kier alpha value is -2.60. The molecule has 0 radical (unpaired) electrons. The molecule has 6 heteroatoms. The molecule has 0 aromatic heterocycles. The Kier molecular flexibility index (Phi) is 3.70. The average Bonchev–Trinajstić information content (AvgIpc) is 3.24. The molecule has 26 heavy (non-hydrogen) atoms. The van der Waals surface area contributed by atoms with E-state index in [0.717, 1.165) is 5.57 Å². The van der Waals surface area contributed by atoms with Gasteiger partial charge in [0.05, 0.1) is 25.2 Å². The predicted octanol–water partition coefficient (Wildman–Crippen LogP) is 1.07. The number of hydrogen-bond donors (Lipinski definition) is 0. The number of carboxylic acid groups (broad SMARTS) is 1. The number of carbonyl (C=O) groups excluding carboxylic acids is 2. The first-order chi connectivity index (χ1) is 12.4. The van der Waals surface area contributed by atoms with Crippen molar-refractivity contribution in [2.24, 2.45) is 11.8 Å². The molecule has 1 aromatic carbocycles. The maximum Gasteiger partial charge on any atom is 0.234 e. The van der Waals surface area contributed by atoms with Gasteiger partial charge in [0.15, 0.2) is 0 Å². The molecule has 5 atom stereocenters. The van der Waals surface area contributed by atoms with Gasteiger partial charge < -0.3 is 24.3 Å². The highest BCUT2D eigenvalue weighted by Gasteiger charge is 2.69. The second-order valence-electron chi connectivity index (χ2n) is 7.20. The van der Waals surface area contributed by atoms with Gasteiger partial charge in [0, 0.05) is 23.6 Å². The molecule has 136 valence electrons. The van der Waals surface area contributed by atoms with Crippen molar-refractivity contribution in [1.29, 1.82) is 0 Å². The molecule has 0 unspecified atom stereocenters. The number of nitrogens with zero attached hydrogens (tertiary/aromatic N) is 1. The number of rotatable bonds is 5. The summed E-state index contributed by atoms with van der Waals surface area (Å²) in [5.74, 6) is -2.66. The van der Waals surface area contributed by atoms with E-state index < -0.39 is 29.5 Å². The highest BCUT2D eigenvalue weighted by molar-refractivity contribution is 6.03. The lowest BCUT2D eigenvalue weighted by Crippen LogP contribution is -2.46. The Morgan fingerprint density at radius 2 is 2.23 bits per heavy atom. The molecule has 0 aliphatic carbocycles. The lowest BCUT2D eigenvalue weighted by molar-refractivity contribution is -0.313. The Labute approximate surface area is 151 Å². The van der Waals surface area contributed by atoms with Crippen LogP contribution in [0.4, 0.5) is 5.69 Å². The largest absolute Gasteiger partial charge is 0.550 e. The van der Waals surface area contributed by atoms with Gasteiger partial charge >= 0.3 is 0 Å². The quantitative estimate of drug-likeness (QED) is 0.739. The monoisotopic (exact) mass is 354 g/mol. The van der Waals surface area contributed by atoms with Crippen molar-refractivity contribution in [2.75, 3.05) is 12.0 Å². The van der Waals surface area contributed by atoms with Gasteiger partial charge in [-0.05, 0) is 25.5 Å². The SMILES string of the molecule is C=C(C)C[C@@H]1N(c2cccc(OC)c2)C(=O)[C@H]2[C@@H](C(=O)[O-])[C@@H]3C=C[C@@]12O3. The molecule has 6 nitrogen and oxygen atoms in total. The molecular formula is C20H20NO5-. The van der Waals surface area contributed by atoms with E-state index in [1.54, 1.807) is 36.3 Å². The zero-order valence-electron chi connectivity index (χ0n) is 14.7. The molecule has 0 N–H and O–H groups in total. The van der Waals surface area contributed by atoms with Crippen LogP contribution in [0.2, 0.25) is 0 Å². The van der Waals surface area contributed by atoms with Crippen molar-refractivity contribution in [3.05, 3.63) is 48.6 Å². The van der Waals surface area contributed by atoms with Gasteiger partial charge in [-0.15, -0.1) is 6.58 Å². The van der Waals surface area contributed by atoms with Crippen molar-refractivity contribution in [3.8, 4) is 5.75 Å². The number of aliphatic carboxylic acids is 1. The zero-order valence-corrected chi connectivity index (χ0v) is 14.7. The van der Waals surface area contributed by atoms with Gasteiger partial charge in [-0.2, -0.15) is 0 Å². The van der Waals surface area contributed by atoms with Gasteiger partial charge in [-0.1, -0.05) is 23.8 Å². The Morgan fingerprint density at radius 1 is 1.46 bits per heavy atom. The van der Waals surface area contributed by atoms with Crippen LogP contribution in [0.3, 0.4) is 0 Å². The van der Waals surface area contributed by atoms with Crippen LogP contribution >= 0.6 is 0 Å². The summed E-state index contributed by atoms with van der Waals surface area (Å²) in [5.41, 5.74) is 0.583. The lowest BCUT2D eigenvalue weighted by atomic mass is 9.74. The van der Waals surface area contributed by atoms with E-state index in [-0.39, 0.29) is 11.9 Å². The molecule has 0 saturated carbocycles.